The number of hydrogen-bond acceptors (Lipinski definition) is 3. The first-order chi connectivity index (χ1) is 15.5. The predicted octanol–water partition coefficient (Wildman–Crippen LogP) is 6.99. The third kappa shape index (κ3) is 6.20. The molecule has 1 aliphatic heterocycles. The average molecular weight is 437 g/mol. The number of aliphatic imine (C=N–C) groups is 1. The van der Waals surface area contributed by atoms with Gasteiger partial charge in [-0.15, -0.1) is 0 Å². The summed E-state index contributed by atoms with van der Waals surface area (Å²) in [6.45, 7) is 14.4. The molecule has 0 N–H and O–H groups in total. The summed E-state index contributed by atoms with van der Waals surface area (Å²) in [4.78, 5) is 7.46. The van der Waals surface area contributed by atoms with Crippen molar-refractivity contribution in [3.05, 3.63) is 60.3 Å². The van der Waals surface area contributed by atoms with Gasteiger partial charge in [-0.1, -0.05) is 62.2 Å². The molecule has 3 rings (SSSR count). The molecule has 1 saturated carbocycles. The van der Waals surface area contributed by atoms with Gasteiger partial charge in [-0.3, -0.25) is 9.89 Å². The molecule has 3 heteroatoms. The molecule has 0 aromatic heterocycles. The lowest BCUT2D eigenvalue weighted by molar-refractivity contribution is -0.0312. The van der Waals surface area contributed by atoms with Crippen molar-refractivity contribution in [2.24, 2.45) is 10.4 Å². The molecular formula is C29H44N2O. The second kappa shape index (κ2) is 12.0. The minimum Gasteiger partial charge on any atom is -0.381 e. The van der Waals surface area contributed by atoms with Crippen molar-refractivity contribution in [2.75, 3.05) is 26.3 Å². The zero-order chi connectivity index (χ0) is 22.9. The number of nitrogens with zero attached hydrogens (tertiary/aromatic N) is 2. The van der Waals surface area contributed by atoms with Crippen LogP contribution in [0.4, 0.5) is 0 Å². The van der Waals surface area contributed by atoms with Gasteiger partial charge in [0.15, 0.2) is 0 Å². The number of ether oxygens (including phenoxy) is 1. The van der Waals surface area contributed by atoms with E-state index < -0.39 is 0 Å². The SMILES string of the molecule is C=C/C(=C\N=C(C)C)C1(N2CCC(CCc3ccccc3)(COCC)CC2)CCCCC1. The second-order valence-corrected chi connectivity index (χ2v) is 10.1. The maximum atomic E-state index is 6.04. The quantitative estimate of drug-likeness (QED) is 0.292. The fraction of sp³-hybridized carbons (Fsp3) is 0.621. The van der Waals surface area contributed by atoms with Crippen LogP contribution in [0.2, 0.25) is 0 Å². The molecule has 3 nitrogen and oxygen atoms in total. The molecular weight excluding hydrogens is 392 g/mol. The standard InChI is InChI=1S/C29H44N2O/c1-5-27(23-30-25(3)4)29(16-11-8-12-17-29)31-21-19-28(20-22-31,24-32-6-2)18-15-26-13-9-7-10-14-26/h5,7,9-10,13-14,23H,1,6,8,11-12,15-22,24H2,2-4H3/b27-23+. The Hall–Kier alpha value is -1.71. The third-order valence-corrected chi connectivity index (χ3v) is 7.73. The second-order valence-electron chi connectivity index (χ2n) is 10.1. The van der Waals surface area contributed by atoms with E-state index in [9.17, 15) is 0 Å². The lowest BCUT2D eigenvalue weighted by atomic mass is 9.70. The molecule has 1 aromatic rings. The van der Waals surface area contributed by atoms with Gasteiger partial charge < -0.3 is 4.74 Å². The van der Waals surface area contributed by atoms with Crippen molar-refractivity contribution in [3.8, 4) is 0 Å². The Morgan fingerprint density at radius 1 is 1.06 bits per heavy atom. The van der Waals surface area contributed by atoms with E-state index in [-0.39, 0.29) is 11.0 Å². The Morgan fingerprint density at radius 3 is 2.34 bits per heavy atom. The van der Waals surface area contributed by atoms with Crippen LogP contribution in [0.3, 0.4) is 0 Å². The molecule has 1 saturated heterocycles. The molecule has 0 radical (unpaired) electrons. The van der Waals surface area contributed by atoms with Crippen LogP contribution >= 0.6 is 0 Å². The van der Waals surface area contributed by atoms with Crippen LogP contribution in [0.1, 0.15) is 77.7 Å². The smallest absolute Gasteiger partial charge is 0.0523 e. The lowest BCUT2D eigenvalue weighted by Crippen LogP contribution is -2.56. The molecule has 0 spiro atoms. The number of piperidine rings is 1. The van der Waals surface area contributed by atoms with Crippen molar-refractivity contribution in [1.82, 2.24) is 4.90 Å². The number of likely N-dealkylation sites (tertiary alicyclic amines) is 1. The zero-order valence-corrected chi connectivity index (χ0v) is 20.7. The highest BCUT2D eigenvalue weighted by Gasteiger charge is 2.44. The number of rotatable bonds is 10. The van der Waals surface area contributed by atoms with Gasteiger partial charge in [-0.05, 0) is 88.9 Å². The number of benzene rings is 1. The fourth-order valence-electron chi connectivity index (χ4n) is 5.73. The molecule has 176 valence electrons. The summed E-state index contributed by atoms with van der Waals surface area (Å²) in [5.74, 6) is 0. The van der Waals surface area contributed by atoms with E-state index in [1.165, 1.54) is 62.5 Å². The van der Waals surface area contributed by atoms with E-state index in [1.54, 1.807) is 0 Å². The fourth-order valence-corrected chi connectivity index (χ4v) is 5.73. The van der Waals surface area contributed by atoms with Crippen molar-refractivity contribution in [3.63, 3.8) is 0 Å². The Balaban J connectivity index is 1.77. The van der Waals surface area contributed by atoms with Crippen LogP contribution in [0.5, 0.6) is 0 Å². The summed E-state index contributed by atoms with van der Waals surface area (Å²) in [6.07, 6.45) is 15.4. The Labute approximate surface area is 196 Å². The Bertz CT molecular complexity index is 762. The van der Waals surface area contributed by atoms with E-state index in [1.807, 2.05) is 0 Å². The van der Waals surface area contributed by atoms with E-state index in [0.29, 0.717) is 0 Å². The minimum absolute atomic E-state index is 0.107. The van der Waals surface area contributed by atoms with Crippen LogP contribution in [0, 0.1) is 5.41 Å². The molecule has 0 atom stereocenters. The molecule has 0 amide bonds. The number of hydrogen-bond donors (Lipinski definition) is 0. The first-order valence-electron chi connectivity index (χ1n) is 12.7. The first-order valence-corrected chi connectivity index (χ1v) is 12.7. The molecule has 0 bridgehead atoms. The summed E-state index contributed by atoms with van der Waals surface area (Å²) < 4.78 is 6.04. The van der Waals surface area contributed by atoms with Crippen molar-refractivity contribution < 1.29 is 4.74 Å². The normalized spacial score (nSPS) is 21.2. The highest BCUT2D eigenvalue weighted by molar-refractivity contribution is 5.79. The molecule has 2 aliphatic rings. The topological polar surface area (TPSA) is 24.8 Å². The molecule has 2 fully saturated rings. The molecule has 1 aliphatic carbocycles. The van der Waals surface area contributed by atoms with Crippen LogP contribution in [0.15, 0.2) is 59.8 Å². The molecule has 1 heterocycles. The van der Waals surface area contributed by atoms with Crippen LogP contribution in [-0.4, -0.2) is 42.5 Å². The van der Waals surface area contributed by atoms with E-state index in [0.717, 1.165) is 38.4 Å². The summed E-state index contributed by atoms with van der Waals surface area (Å²) >= 11 is 0. The summed E-state index contributed by atoms with van der Waals surface area (Å²) in [6, 6.07) is 10.9. The van der Waals surface area contributed by atoms with Crippen molar-refractivity contribution in [2.45, 2.75) is 84.1 Å². The highest BCUT2D eigenvalue weighted by atomic mass is 16.5. The van der Waals surface area contributed by atoms with Crippen molar-refractivity contribution in [1.29, 1.82) is 0 Å². The van der Waals surface area contributed by atoms with Gasteiger partial charge in [0.05, 0.1) is 6.61 Å². The van der Waals surface area contributed by atoms with Crippen LogP contribution in [-0.2, 0) is 11.2 Å². The maximum absolute atomic E-state index is 6.04. The summed E-state index contributed by atoms with van der Waals surface area (Å²) in [5, 5.41) is 0. The monoisotopic (exact) mass is 436 g/mol. The predicted molar refractivity (Wildman–Crippen MR) is 137 cm³/mol. The zero-order valence-electron chi connectivity index (χ0n) is 20.7. The Morgan fingerprint density at radius 2 is 1.75 bits per heavy atom. The summed E-state index contributed by atoms with van der Waals surface area (Å²) in [5.41, 5.74) is 4.26. The van der Waals surface area contributed by atoms with Crippen LogP contribution < -0.4 is 0 Å². The summed E-state index contributed by atoms with van der Waals surface area (Å²) in [7, 11) is 0. The van der Waals surface area contributed by atoms with Crippen LogP contribution in [0.25, 0.3) is 0 Å². The molecule has 1 aromatic carbocycles. The minimum atomic E-state index is 0.107. The van der Waals surface area contributed by atoms with Gasteiger partial charge in [-0.2, -0.15) is 0 Å². The largest absolute Gasteiger partial charge is 0.381 e. The van der Waals surface area contributed by atoms with Gasteiger partial charge in [0, 0.05) is 24.1 Å². The van der Waals surface area contributed by atoms with Gasteiger partial charge >= 0.3 is 0 Å². The maximum Gasteiger partial charge on any atom is 0.0523 e. The lowest BCUT2D eigenvalue weighted by Gasteiger charge is -2.52. The highest BCUT2D eigenvalue weighted by Crippen LogP contribution is 2.45. The average Bonchev–Trinajstić information content (AvgIpc) is 2.83. The third-order valence-electron chi connectivity index (χ3n) is 7.73. The van der Waals surface area contributed by atoms with Gasteiger partial charge in [0.1, 0.15) is 0 Å². The number of aryl methyl sites for hydroxylation is 1. The van der Waals surface area contributed by atoms with E-state index >= 15 is 0 Å². The first kappa shape index (κ1) is 24.9. The Kier molecular flexibility index (Phi) is 9.31. The van der Waals surface area contributed by atoms with Gasteiger partial charge in [0.25, 0.3) is 0 Å². The van der Waals surface area contributed by atoms with Gasteiger partial charge in [0.2, 0.25) is 0 Å². The molecule has 32 heavy (non-hydrogen) atoms. The van der Waals surface area contributed by atoms with E-state index in [2.05, 4.69) is 79.9 Å². The molecule has 0 unspecified atom stereocenters. The van der Waals surface area contributed by atoms with E-state index in [4.69, 9.17) is 4.74 Å². The van der Waals surface area contributed by atoms with Crippen molar-refractivity contribution >= 4 is 5.71 Å². The van der Waals surface area contributed by atoms with Gasteiger partial charge in [-0.25, -0.2) is 0 Å².